The fourth-order valence-corrected chi connectivity index (χ4v) is 8.95. The highest BCUT2D eigenvalue weighted by atomic mass is 35.5. The van der Waals surface area contributed by atoms with E-state index in [0.29, 0.717) is 38.7 Å². The molecule has 0 spiro atoms. The van der Waals surface area contributed by atoms with E-state index in [4.69, 9.17) is 21.3 Å². The lowest BCUT2D eigenvalue weighted by Gasteiger charge is -2.42. The zero-order chi connectivity index (χ0) is 30.4. The Labute approximate surface area is 266 Å². The molecule has 11 heteroatoms. The molecule has 3 aromatic rings. The monoisotopic (exact) mass is 634 g/mol. The minimum Gasteiger partial charge on any atom is -0.476 e. The Morgan fingerprint density at radius 2 is 2.00 bits per heavy atom. The molecule has 0 saturated carbocycles. The molecule has 1 aromatic carbocycles. The second-order valence-electron chi connectivity index (χ2n) is 12.4. The zero-order valence-electron chi connectivity index (χ0n) is 24.7. The van der Waals surface area contributed by atoms with Gasteiger partial charge in [-0.05, 0) is 69.0 Å². The van der Waals surface area contributed by atoms with E-state index in [1.807, 2.05) is 0 Å². The van der Waals surface area contributed by atoms with Gasteiger partial charge in [0.15, 0.2) is 5.83 Å². The Balaban J connectivity index is 1.22. The highest BCUT2D eigenvalue weighted by molar-refractivity contribution is 7.22. The van der Waals surface area contributed by atoms with E-state index in [9.17, 15) is 14.4 Å². The van der Waals surface area contributed by atoms with Gasteiger partial charge in [0.2, 0.25) is 5.88 Å². The topological polar surface area (TPSA) is 75.9 Å². The number of ether oxygens (including phenoxy) is 1. The molecule has 3 saturated heterocycles. The molecule has 1 amide bonds. The van der Waals surface area contributed by atoms with Crippen LogP contribution in [-0.2, 0) is 17.8 Å². The van der Waals surface area contributed by atoms with E-state index in [-0.39, 0.29) is 12.0 Å². The normalized spacial score (nSPS) is 21.3. The molecule has 230 valence electrons. The molecule has 3 fully saturated rings. The van der Waals surface area contributed by atoms with Gasteiger partial charge in [-0.25, -0.2) is 4.39 Å². The van der Waals surface area contributed by atoms with E-state index in [1.54, 1.807) is 11.3 Å². The van der Waals surface area contributed by atoms with Gasteiger partial charge < -0.3 is 19.4 Å². The summed E-state index contributed by atoms with van der Waals surface area (Å²) in [6.07, 6.45) is 5.59. The standard InChI is InChI=1S/C33H36ClFN6O2S/c1-22(35)32(42)41-16-15-39(20-24(41)7-11-36)31-25-8-14-38(27-5-2-6-28-26(27)18-29(34)44-28)19-23(25)17-30(37-31)43-21-33-9-3-12-40(33)13-4-10-33/h2,5-6,17-18,24H,1,3-4,7-10,12-16,19-21H2/t24-/m0/s1. The first-order chi connectivity index (χ1) is 21.3. The first-order valence-electron chi connectivity index (χ1n) is 15.5. The first kappa shape index (κ1) is 29.3. The van der Waals surface area contributed by atoms with Crippen molar-refractivity contribution >= 4 is 50.4 Å². The molecular weight excluding hydrogens is 599 g/mol. The van der Waals surface area contributed by atoms with Gasteiger partial charge in [0.05, 0.1) is 28.4 Å². The molecular formula is C33H36ClFN6O2S. The third-order valence-electron chi connectivity index (χ3n) is 9.92. The second-order valence-corrected chi connectivity index (χ2v) is 14.1. The predicted molar refractivity (Wildman–Crippen MR) is 172 cm³/mol. The van der Waals surface area contributed by atoms with Crippen molar-refractivity contribution in [2.24, 2.45) is 0 Å². The van der Waals surface area contributed by atoms with E-state index >= 15 is 0 Å². The molecule has 8 nitrogen and oxygen atoms in total. The predicted octanol–water partition coefficient (Wildman–Crippen LogP) is 5.93. The van der Waals surface area contributed by atoms with Crippen LogP contribution >= 0.6 is 22.9 Å². The molecule has 4 aliphatic rings. The third kappa shape index (κ3) is 5.29. The molecule has 0 unspecified atom stereocenters. The molecule has 2 aromatic heterocycles. The Bertz CT molecular complexity index is 1640. The highest BCUT2D eigenvalue weighted by Crippen LogP contribution is 2.41. The number of anilines is 2. The Morgan fingerprint density at radius 3 is 2.77 bits per heavy atom. The number of hydrogen-bond donors (Lipinski definition) is 0. The number of fused-ring (bicyclic) bond motifs is 3. The van der Waals surface area contributed by atoms with E-state index in [0.717, 1.165) is 71.3 Å². The van der Waals surface area contributed by atoms with E-state index < -0.39 is 17.8 Å². The summed E-state index contributed by atoms with van der Waals surface area (Å²) in [5.74, 6) is -0.290. The Hall–Kier alpha value is -3.39. The summed E-state index contributed by atoms with van der Waals surface area (Å²) in [6, 6.07) is 12.2. The smallest absolute Gasteiger partial charge is 0.282 e. The minimum atomic E-state index is -0.999. The van der Waals surface area contributed by atoms with E-state index in [2.05, 4.69) is 57.7 Å². The lowest BCUT2D eigenvalue weighted by molar-refractivity contribution is -0.131. The molecule has 7 rings (SSSR count). The lowest BCUT2D eigenvalue weighted by Crippen LogP contribution is -2.55. The number of nitrogens with zero attached hydrogens (tertiary/aromatic N) is 6. The highest BCUT2D eigenvalue weighted by Gasteiger charge is 2.45. The molecule has 0 N–H and O–H groups in total. The fourth-order valence-electron chi connectivity index (χ4n) is 7.78. The third-order valence-corrected chi connectivity index (χ3v) is 11.1. The zero-order valence-corrected chi connectivity index (χ0v) is 26.3. The number of aromatic nitrogens is 1. The van der Waals surface area contributed by atoms with Crippen LogP contribution in [0.3, 0.4) is 0 Å². The van der Waals surface area contributed by atoms with Gasteiger partial charge in [0, 0.05) is 60.1 Å². The number of amides is 1. The van der Waals surface area contributed by atoms with E-state index in [1.165, 1.54) is 22.4 Å². The Kier molecular flexibility index (Phi) is 7.89. The van der Waals surface area contributed by atoms with Crippen LogP contribution in [0.25, 0.3) is 10.1 Å². The lowest BCUT2D eigenvalue weighted by atomic mass is 9.95. The van der Waals surface area contributed by atoms with Crippen LogP contribution in [0.1, 0.15) is 43.2 Å². The summed E-state index contributed by atoms with van der Waals surface area (Å²) in [6.45, 7) is 8.77. The number of pyridine rings is 1. The number of thiophene rings is 1. The maximum atomic E-state index is 13.8. The van der Waals surface area contributed by atoms with Crippen molar-refractivity contribution < 1.29 is 13.9 Å². The maximum Gasteiger partial charge on any atom is 0.282 e. The second kappa shape index (κ2) is 11.8. The van der Waals surface area contributed by atoms with Gasteiger partial charge >= 0.3 is 0 Å². The molecule has 4 aliphatic heterocycles. The summed E-state index contributed by atoms with van der Waals surface area (Å²) in [7, 11) is 0. The van der Waals surface area contributed by atoms with Gasteiger partial charge in [-0.3, -0.25) is 9.69 Å². The molecule has 0 aliphatic carbocycles. The number of hydrogen-bond acceptors (Lipinski definition) is 8. The van der Waals surface area contributed by atoms with Crippen LogP contribution < -0.4 is 14.5 Å². The van der Waals surface area contributed by atoms with Crippen molar-refractivity contribution in [3.05, 3.63) is 58.2 Å². The summed E-state index contributed by atoms with van der Waals surface area (Å²) in [5.41, 5.74) is 3.58. The van der Waals surface area contributed by atoms with Crippen molar-refractivity contribution in [3.8, 4) is 11.9 Å². The van der Waals surface area contributed by atoms with Crippen molar-refractivity contribution in [1.82, 2.24) is 14.8 Å². The number of piperazine rings is 1. The van der Waals surface area contributed by atoms with Gasteiger partial charge in [-0.2, -0.15) is 10.2 Å². The number of rotatable bonds is 7. The minimum absolute atomic E-state index is 0.0935. The molecule has 0 radical (unpaired) electrons. The number of carbonyl (C=O) groups is 1. The van der Waals surface area contributed by atoms with Crippen LogP contribution in [0, 0.1) is 11.3 Å². The summed E-state index contributed by atoms with van der Waals surface area (Å²) < 4.78 is 22.4. The van der Waals surface area contributed by atoms with Crippen molar-refractivity contribution in [1.29, 1.82) is 5.26 Å². The number of benzene rings is 1. The Morgan fingerprint density at radius 1 is 1.18 bits per heavy atom. The maximum absolute atomic E-state index is 13.8. The fraction of sp³-hybridized carbons (Fsp3) is 0.485. The summed E-state index contributed by atoms with van der Waals surface area (Å²) in [5, 5.41) is 10.7. The quantitative estimate of drug-likeness (QED) is 0.298. The molecule has 6 heterocycles. The van der Waals surface area contributed by atoms with Crippen LogP contribution in [0.15, 0.2) is 42.7 Å². The average Bonchev–Trinajstić information content (AvgIpc) is 3.72. The average molecular weight is 635 g/mol. The SMILES string of the molecule is C=C(F)C(=O)N1CCN(c2nc(OCC34CCCN3CCC4)cc3c2CCN(c2cccc4sc(Cl)cc24)C3)C[C@@H]1CC#N. The molecule has 0 bridgehead atoms. The van der Waals surface area contributed by atoms with Gasteiger partial charge in [-0.15, -0.1) is 11.3 Å². The van der Waals surface area contributed by atoms with Crippen LogP contribution in [0.5, 0.6) is 5.88 Å². The van der Waals surface area contributed by atoms with Crippen molar-refractivity contribution in [3.63, 3.8) is 0 Å². The number of nitriles is 1. The van der Waals surface area contributed by atoms with Crippen molar-refractivity contribution in [2.75, 3.05) is 55.7 Å². The molecule has 44 heavy (non-hydrogen) atoms. The van der Waals surface area contributed by atoms with Gasteiger partial charge in [0.1, 0.15) is 12.4 Å². The van der Waals surface area contributed by atoms with Crippen LogP contribution in [-0.4, -0.2) is 78.1 Å². The van der Waals surface area contributed by atoms with Crippen LogP contribution in [0.2, 0.25) is 4.34 Å². The van der Waals surface area contributed by atoms with Crippen molar-refractivity contribution in [2.45, 2.75) is 56.7 Å². The van der Waals surface area contributed by atoms with Gasteiger partial charge in [0.25, 0.3) is 5.91 Å². The van der Waals surface area contributed by atoms with Gasteiger partial charge in [-0.1, -0.05) is 24.2 Å². The summed E-state index contributed by atoms with van der Waals surface area (Å²) in [4.78, 5) is 26.2. The van der Waals surface area contributed by atoms with Crippen LogP contribution in [0.4, 0.5) is 15.9 Å². The molecule has 1 atom stereocenters. The first-order valence-corrected chi connectivity index (χ1v) is 16.7. The summed E-state index contributed by atoms with van der Waals surface area (Å²) >= 11 is 8.00. The number of halogens is 2. The largest absolute Gasteiger partial charge is 0.476 e. The number of carbonyl (C=O) groups excluding carboxylic acids is 1.